The molecule has 3 N–H and O–H groups in total. The summed E-state index contributed by atoms with van der Waals surface area (Å²) >= 11 is 0. The fourth-order valence-electron chi connectivity index (χ4n) is 1.33. The Balaban J connectivity index is 2.44. The van der Waals surface area contributed by atoms with Crippen LogP contribution in [0.25, 0.3) is 0 Å². The third-order valence-electron chi connectivity index (χ3n) is 2.27. The van der Waals surface area contributed by atoms with Crippen molar-refractivity contribution in [3.05, 3.63) is 42.2 Å². The monoisotopic (exact) mass is 191 g/mol. The minimum atomic E-state index is 0.197. The van der Waals surface area contributed by atoms with Gasteiger partial charge in [-0.2, -0.15) is 0 Å². The SMILES string of the molecule is C=C(C)C(CCc1ccncc1)NN. The maximum absolute atomic E-state index is 5.41. The van der Waals surface area contributed by atoms with Gasteiger partial charge in [-0.05, 0) is 37.5 Å². The Morgan fingerprint density at radius 1 is 1.57 bits per heavy atom. The van der Waals surface area contributed by atoms with E-state index in [9.17, 15) is 0 Å². The van der Waals surface area contributed by atoms with Gasteiger partial charge in [-0.25, -0.2) is 0 Å². The van der Waals surface area contributed by atoms with Gasteiger partial charge in [0.25, 0.3) is 0 Å². The highest BCUT2D eigenvalue weighted by molar-refractivity contribution is 5.11. The predicted octanol–water partition coefficient (Wildman–Crippen LogP) is 1.42. The van der Waals surface area contributed by atoms with Crippen molar-refractivity contribution in [2.24, 2.45) is 5.84 Å². The Kier molecular flexibility index (Phi) is 4.29. The van der Waals surface area contributed by atoms with Gasteiger partial charge in [0.05, 0.1) is 0 Å². The van der Waals surface area contributed by atoms with Crippen LogP contribution in [0, 0.1) is 0 Å². The minimum absolute atomic E-state index is 0.197. The molecule has 14 heavy (non-hydrogen) atoms. The summed E-state index contributed by atoms with van der Waals surface area (Å²) in [6.07, 6.45) is 5.57. The maximum Gasteiger partial charge on any atom is 0.0417 e. The fourth-order valence-corrected chi connectivity index (χ4v) is 1.33. The highest BCUT2D eigenvalue weighted by Gasteiger charge is 2.06. The summed E-state index contributed by atoms with van der Waals surface area (Å²) in [6.45, 7) is 5.87. The molecule has 0 amide bonds. The zero-order valence-electron chi connectivity index (χ0n) is 8.53. The number of nitrogens with two attached hydrogens (primary N) is 1. The molecular weight excluding hydrogens is 174 g/mol. The summed E-state index contributed by atoms with van der Waals surface area (Å²) in [5.41, 5.74) is 5.11. The predicted molar refractivity (Wildman–Crippen MR) is 58.5 cm³/mol. The van der Waals surface area contributed by atoms with Gasteiger partial charge in [-0.15, -0.1) is 0 Å². The largest absolute Gasteiger partial charge is 0.271 e. The zero-order valence-corrected chi connectivity index (χ0v) is 8.53. The number of hydrogen-bond donors (Lipinski definition) is 2. The van der Waals surface area contributed by atoms with Crippen molar-refractivity contribution in [3.63, 3.8) is 0 Å². The molecule has 0 aliphatic heterocycles. The van der Waals surface area contributed by atoms with Gasteiger partial charge < -0.3 is 0 Å². The summed E-state index contributed by atoms with van der Waals surface area (Å²) < 4.78 is 0. The molecule has 1 heterocycles. The normalized spacial score (nSPS) is 12.4. The van der Waals surface area contributed by atoms with Crippen molar-refractivity contribution in [1.29, 1.82) is 0 Å². The average Bonchev–Trinajstić information content (AvgIpc) is 2.20. The van der Waals surface area contributed by atoms with Crippen LogP contribution in [0.5, 0.6) is 0 Å². The second-order valence-corrected chi connectivity index (χ2v) is 3.46. The van der Waals surface area contributed by atoms with E-state index in [0.717, 1.165) is 18.4 Å². The lowest BCUT2D eigenvalue weighted by atomic mass is 10.0. The summed E-state index contributed by atoms with van der Waals surface area (Å²) in [5.74, 6) is 5.41. The summed E-state index contributed by atoms with van der Waals surface area (Å²) in [7, 11) is 0. The molecule has 0 fully saturated rings. The Morgan fingerprint density at radius 3 is 2.71 bits per heavy atom. The molecule has 1 atom stereocenters. The Labute approximate surface area is 85.0 Å². The molecule has 0 radical (unpaired) electrons. The van der Waals surface area contributed by atoms with E-state index >= 15 is 0 Å². The Bertz CT molecular complexity index is 282. The molecule has 1 aromatic rings. The van der Waals surface area contributed by atoms with E-state index in [1.54, 1.807) is 12.4 Å². The first-order valence-electron chi connectivity index (χ1n) is 4.74. The van der Waals surface area contributed by atoms with Crippen molar-refractivity contribution in [1.82, 2.24) is 10.4 Å². The van der Waals surface area contributed by atoms with Crippen LogP contribution in [0.15, 0.2) is 36.7 Å². The van der Waals surface area contributed by atoms with E-state index < -0.39 is 0 Å². The van der Waals surface area contributed by atoms with Crippen molar-refractivity contribution >= 4 is 0 Å². The van der Waals surface area contributed by atoms with Gasteiger partial charge in [0.15, 0.2) is 0 Å². The summed E-state index contributed by atoms with van der Waals surface area (Å²) in [4.78, 5) is 3.97. The maximum atomic E-state index is 5.41. The molecule has 0 saturated heterocycles. The second-order valence-electron chi connectivity index (χ2n) is 3.46. The van der Waals surface area contributed by atoms with Crippen LogP contribution in [-0.4, -0.2) is 11.0 Å². The van der Waals surface area contributed by atoms with E-state index in [1.165, 1.54) is 5.56 Å². The molecule has 3 nitrogen and oxygen atoms in total. The first-order valence-corrected chi connectivity index (χ1v) is 4.74. The highest BCUT2D eigenvalue weighted by atomic mass is 15.2. The van der Waals surface area contributed by atoms with Crippen molar-refractivity contribution in [2.75, 3.05) is 0 Å². The van der Waals surface area contributed by atoms with Crippen molar-refractivity contribution < 1.29 is 0 Å². The molecule has 1 rings (SSSR count). The lowest BCUT2D eigenvalue weighted by Gasteiger charge is -2.15. The standard InChI is InChI=1S/C11H17N3/c1-9(2)11(14-12)4-3-10-5-7-13-8-6-10/h5-8,11,14H,1,3-4,12H2,2H3. The molecule has 0 aliphatic rings. The fraction of sp³-hybridized carbons (Fsp3) is 0.364. The van der Waals surface area contributed by atoms with Crippen LogP contribution >= 0.6 is 0 Å². The number of aromatic nitrogens is 1. The summed E-state index contributed by atoms with van der Waals surface area (Å²) in [5, 5.41) is 0. The van der Waals surface area contributed by atoms with Crippen LogP contribution in [0.4, 0.5) is 0 Å². The van der Waals surface area contributed by atoms with E-state index in [2.05, 4.69) is 17.0 Å². The van der Waals surface area contributed by atoms with E-state index in [1.807, 2.05) is 19.1 Å². The van der Waals surface area contributed by atoms with Crippen molar-refractivity contribution in [3.8, 4) is 0 Å². The number of hydrazine groups is 1. The van der Waals surface area contributed by atoms with Crippen LogP contribution in [-0.2, 0) is 6.42 Å². The molecule has 1 unspecified atom stereocenters. The molecule has 3 heteroatoms. The van der Waals surface area contributed by atoms with Gasteiger partial charge in [-0.1, -0.05) is 12.2 Å². The van der Waals surface area contributed by atoms with Crippen LogP contribution in [0.2, 0.25) is 0 Å². The van der Waals surface area contributed by atoms with Gasteiger partial charge in [0, 0.05) is 18.4 Å². The van der Waals surface area contributed by atoms with E-state index in [-0.39, 0.29) is 6.04 Å². The minimum Gasteiger partial charge on any atom is -0.271 e. The van der Waals surface area contributed by atoms with E-state index in [4.69, 9.17) is 5.84 Å². The second kappa shape index (κ2) is 5.52. The lowest BCUT2D eigenvalue weighted by Crippen LogP contribution is -2.36. The quantitative estimate of drug-likeness (QED) is 0.420. The summed E-state index contributed by atoms with van der Waals surface area (Å²) in [6, 6.07) is 4.24. The van der Waals surface area contributed by atoms with Gasteiger partial charge >= 0.3 is 0 Å². The van der Waals surface area contributed by atoms with E-state index in [0.29, 0.717) is 0 Å². The molecular formula is C11H17N3. The van der Waals surface area contributed by atoms with Crippen LogP contribution < -0.4 is 11.3 Å². The highest BCUT2D eigenvalue weighted by Crippen LogP contribution is 2.07. The number of aryl methyl sites for hydroxylation is 1. The van der Waals surface area contributed by atoms with Gasteiger partial charge in [-0.3, -0.25) is 16.3 Å². The third kappa shape index (κ3) is 3.28. The smallest absolute Gasteiger partial charge is 0.0417 e. The number of hydrogen-bond acceptors (Lipinski definition) is 3. The topological polar surface area (TPSA) is 50.9 Å². The third-order valence-corrected chi connectivity index (χ3v) is 2.27. The Morgan fingerprint density at radius 2 is 2.21 bits per heavy atom. The molecule has 0 saturated carbocycles. The van der Waals surface area contributed by atoms with Gasteiger partial charge in [0.2, 0.25) is 0 Å². The van der Waals surface area contributed by atoms with Crippen LogP contribution in [0.1, 0.15) is 18.9 Å². The van der Waals surface area contributed by atoms with Gasteiger partial charge in [0.1, 0.15) is 0 Å². The molecule has 76 valence electrons. The molecule has 0 aromatic carbocycles. The first-order chi connectivity index (χ1) is 6.74. The van der Waals surface area contributed by atoms with Crippen molar-refractivity contribution in [2.45, 2.75) is 25.8 Å². The average molecular weight is 191 g/mol. The Hall–Kier alpha value is -1.19. The zero-order chi connectivity index (χ0) is 10.4. The molecule has 0 bridgehead atoms. The lowest BCUT2D eigenvalue weighted by molar-refractivity contribution is 0.554. The number of rotatable bonds is 5. The number of nitrogens with one attached hydrogen (secondary N) is 1. The number of pyridine rings is 1. The van der Waals surface area contributed by atoms with Crippen LogP contribution in [0.3, 0.4) is 0 Å². The number of nitrogens with zero attached hydrogens (tertiary/aromatic N) is 1. The molecule has 1 aromatic heterocycles. The first kappa shape index (κ1) is 10.9. The molecule has 0 aliphatic carbocycles. The molecule has 0 spiro atoms.